The van der Waals surface area contributed by atoms with Gasteiger partial charge < -0.3 is 10.3 Å². The van der Waals surface area contributed by atoms with Crippen LogP contribution in [-0.2, 0) is 12.8 Å². The minimum absolute atomic E-state index is 0.174. The van der Waals surface area contributed by atoms with E-state index >= 15 is 0 Å². The van der Waals surface area contributed by atoms with Gasteiger partial charge in [-0.25, -0.2) is 4.39 Å². The number of aromatic amines is 1. The summed E-state index contributed by atoms with van der Waals surface area (Å²) in [6.07, 6.45) is 2.06. The van der Waals surface area contributed by atoms with Crippen LogP contribution in [0.5, 0.6) is 0 Å². The Bertz CT molecular complexity index is 516. The van der Waals surface area contributed by atoms with Crippen LogP contribution in [0.3, 0.4) is 0 Å². The van der Waals surface area contributed by atoms with Crippen LogP contribution in [0.25, 0.3) is 10.9 Å². The molecule has 0 amide bonds. The van der Waals surface area contributed by atoms with Crippen LogP contribution in [0.4, 0.5) is 4.39 Å². The third-order valence-electron chi connectivity index (χ3n) is 3.27. The van der Waals surface area contributed by atoms with Gasteiger partial charge in [0.15, 0.2) is 0 Å². The summed E-state index contributed by atoms with van der Waals surface area (Å²) in [5.74, 6) is -0.174. The lowest BCUT2D eigenvalue weighted by Gasteiger charge is -2.06. The van der Waals surface area contributed by atoms with Crippen LogP contribution in [0.15, 0.2) is 18.2 Å². The molecule has 1 aliphatic rings. The summed E-state index contributed by atoms with van der Waals surface area (Å²) in [4.78, 5) is 3.30. The molecule has 2 nitrogen and oxygen atoms in total. The summed E-state index contributed by atoms with van der Waals surface area (Å²) in [6, 6.07) is 5.50. The van der Waals surface area contributed by atoms with Crippen LogP contribution in [0.2, 0.25) is 0 Å². The Kier molecular flexibility index (Phi) is 1.83. The molecule has 0 saturated carbocycles. The molecule has 1 heterocycles. The number of nitrogens with one attached hydrogen (secondary N) is 2. The van der Waals surface area contributed by atoms with E-state index in [1.165, 1.54) is 22.7 Å². The molecule has 2 aromatic rings. The molecule has 0 bridgehead atoms. The zero-order chi connectivity index (χ0) is 10.4. The number of fused-ring (bicyclic) bond motifs is 3. The standard InChI is InChI=1S/C12H13FN2/c1-14-8-5-10-9-3-2-7(13)4-11(9)15-12(10)6-8/h2-4,8,14-15H,5-6H2,1H3. The number of aromatic nitrogens is 1. The maximum atomic E-state index is 13.0. The molecule has 1 aromatic heterocycles. The largest absolute Gasteiger partial charge is 0.358 e. The minimum atomic E-state index is -0.174. The van der Waals surface area contributed by atoms with Crippen molar-refractivity contribution in [3.8, 4) is 0 Å². The molecule has 1 aromatic carbocycles. The Morgan fingerprint density at radius 2 is 2.27 bits per heavy atom. The third-order valence-corrected chi connectivity index (χ3v) is 3.27. The summed E-state index contributed by atoms with van der Waals surface area (Å²) in [5, 5.41) is 4.45. The van der Waals surface area contributed by atoms with Gasteiger partial charge in [-0.15, -0.1) is 0 Å². The van der Waals surface area contributed by atoms with E-state index in [4.69, 9.17) is 0 Å². The van der Waals surface area contributed by atoms with Gasteiger partial charge in [0.25, 0.3) is 0 Å². The van der Waals surface area contributed by atoms with Crippen molar-refractivity contribution in [3.05, 3.63) is 35.3 Å². The van der Waals surface area contributed by atoms with E-state index in [1.54, 1.807) is 6.07 Å². The number of benzene rings is 1. The van der Waals surface area contributed by atoms with Gasteiger partial charge in [0.2, 0.25) is 0 Å². The van der Waals surface area contributed by atoms with E-state index in [2.05, 4.69) is 10.3 Å². The lowest BCUT2D eigenvalue weighted by atomic mass is 10.1. The fourth-order valence-corrected chi connectivity index (χ4v) is 2.46. The highest BCUT2D eigenvalue weighted by molar-refractivity contribution is 5.85. The Morgan fingerprint density at radius 3 is 3.07 bits per heavy atom. The molecule has 0 spiro atoms. The fraction of sp³-hybridized carbons (Fsp3) is 0.333. The molecule has 3 rings (SSSR count). The van der Waals surface area contributed by atoms with Crippen molar-refractivity contribution >= 4 is 10.9 Å². The number of likely N-dealkylation sites (N-methyl/N-ethyl adjacent to an activating group) is 1. The predicted octanol–water partition coefficient (Wildman–Crippen LogP) is 1.99. The molecule has 0 aliphatic heterocycles. The van der Waals surface area contributed by atoms with Gasteiger partial charge in [0, 0.05) is 29.1 Å². The van der Waals surface area contributed by atoms with E-state index in [0.717, 1.165) is 18.4 Å². The highest BCUT2D eigenvalue weighted by Crippen LogP contribution is 2.30. The Labute approximate surface area is 87.5 Å². The predicted molar refractivity (Wildman–Crippen MR) is 58.5 cm³/mol. The molecule has 3 heteroatoms. The molecule has 2 N–H and O–H groups in total. The molecule has 1 unspecified atom stereocenters. The topological polar surface area (TPSA) is 27.8 Å². The maximum absolute atomic E-state index is 13.0. The van der Waals surface area contributed by atoms with E-state index < -0.39 is 0 Å². The number of halogens is 1. The molecule has 0 radical (unpaired) electrons. The van der Waals surface area contributed by atoms with Gasteiger partial charge in [-0.1, -0.05) is 0 Å². The van der Waals surface area contributed by atoms with Crippen LogP contribution in [0, 0.1) is 5.82 Å². The molecular formula is C12H13FN2. The lowest BCUT2D eigenvalue weighted by Crippen LogP contribution is -2.25. The van der Waals surface area contributed by atoms with Crippen LogP contribution >= 0.6 is 0 Å². The quantitative estimate of drug-likeness (QED) is 0.730. The normalized spacial score (nSPS) is 19.7. The molecule has 0 fully saturated rings. The molecule has 1 atom stereocenters. The fourth-order valence-electron chi connectivity index (χ4n) is 2.46. The maximum Gasteiger partial charge on any atom is 0.125 e. The zero-order valence-electron chi connectivity index (χ0n) is 8.60. The summed E-state index contributed by atoms with van der Waals surface area (Å²) in [6.45, 7) is 0. The van der Waals surface area contributed by atoms with E-state index in [-0.39, 0.29) is 5.82 Å². The van der Waals surface area contributed by atoms with Crippen molar-refractivity contribution in [2.24, 2.45) is 0 Å². The number of H-pyrrole nitrogens is 1. The van der Waals surface area contributed by atoms with E-state index in [0.29, 0.717) is 6.04 Å². The highest BCUT2D eigenvalue weighted by Gasteiger charge is 2.23. The van der Waals surface area contributed by atoms with E-state index in [1.807, 2.05) is 13.1 Å². The average Bonchev–Trinajstić information content (AvgIpc) is 2.73. The third kappa shape index (κ3) is 1.27. The van der Waals surface area contributed by atoms with Gasteiger partial charge in [0.05, 0.1) is 0 Å². The number of hydrogen-bond acceptors (Lipinski definition) is 1. The summed E-state index contributed by atoms with van der Waals surface area (Å²) in [7, 11) is 1.98. The monoisotopic (exact) mass is 204 g/mol. The first-order valence-electron chi connectivity index (χ1n) is 5.24. The van der Waals surface area contributed by atoms with Gasteiger partial charge in [0.1, 0.15) is 5.82 Å². The summed E-state index contributed by atoms with van der Waals surface area (Å²) >= 11 is 0. The van der Waals surface area contributed by atoms with Crippen LogP contribution in [0.1, 0.15) is 11.3 Å². The highest BCUT2D eigenvalue weighted by atomic mass is 19.1. The smallest absolute Gasteiger partial charge is 0.125 e. The molecule has 15 heavy (non-hydrogen) atoms. The number of hydrogen-bond donors (Lipinski definition) is 2. The summed E-state index contributed by atoms with van der Waals surface area (Å²) < 4.78 is 13.0. The second-order valence-corrected chi connectivity index (χ2v) is 4.17. The van der Waals surface area contributed by atoms with Crippen molar-refractivity contribution in [2.75, 3.05) is 7.05 Å². The Morgan fingerprint density at radius 1 is 1.40 bits per heavy atom. The summed E-state index contributed by atoms with van der Waals surface area (Å²) in [5.41, 5.74) is 3.54. The Hall–Kier alpha value is -1.35. The lowest BCUT2D eigenvalue weighted by molar-refractivity contribution is 0.590. The van der Waals surface area contributed by atoms with Crippen molar-refractivity contribution < 1.29 is 4.39 Å². The molecule has 78 valence electrons. The van der Waals surface area contributed by atoms with E-state index in [9.17, 15) is 4.39 Å². The van der Waals surface area contributed by atoms with Crippen LogP contribution in [-0.4, -0.2) is 18.1 Å². The zero-order valence-corrected chi connectivity index (χ0v) is 8.60. The second kappa shape index (κ2) is 3.07. The van der Waals surface area contributed by atoms with Gasteiger partial charge >= 0.3 is 0 Å². The van der Waals surface area contributed by atoms with Gasteiger partial charge in [-0.3, -0.25) is 0 Å². The van der Waals surface area contributed by atoms with Gasteiger partial charge in [-0.2, -0.15) is 0 Å². The van der Waals surface area contributed by atoms with Crippen molar-refractivity contribution in [1.29, 1.82) is 0 Å². The van der Waals surface area contributed by atoms with Crippen molar-refractivity contribution in [1.82, 2.24) is 10.3 Å². The molecular weight excluding hydrogens is 191 g/mol. The van der Waals surface area contributed by atoms with Gasteiger partial charge in [-0.05, 0) is 37.2 Å². The Balaban J connectivity index is 2.15. The second-order valence-electron chi connectivity index (χ2n) is 4.17. The van der Waals surface area contributed by atoms with Crippen molar-refractivity contribution in [3.63, 3.8) is 0 Å². The molecule has 0 saturated heterocycles. The first kappa shape index (κ1) is 8.92. The minimum Gasteiger partial charge on any atom is -0.358 e. The first-order chi connectivity index (χ1) is 7.28. The SMILES string of the molecule is CNC1Cc2[nH]c3cc(F)ccc3c2C1. The van der Waals surface area contributed by atoms with Crippen molar-refractivity contribution in [2.45, 2.75) is 18.9 Å². The molecule has 1 aliphatic carbocycles. The number of rotatable bonds is 1. The average molecular weight is 204 g/mol. The first-order valence-corrected chi connectivity index (χ1v) is 5.24. The van der Waals surface area contributed by atoms with Crippen LogP contribution < -0.4 is 5.32 Å².